The highest BCUT2D eigenvalue weighted by molar-refractivity contribution is 5.94. The summed E-state index contributed by atoms with van der Waals surface area (Å²) in [6.07, 6.45) is 4.87. The van der Waals surface area contributed by atoms with Crippen molar-refractivity contribution in [2.75, 3.05) is 32.1 Å². The number of carbonyl (C=O) groups excluding carboxylic acids is 2. The molecule has 0 bridgehead atoms. The molecule has 8 heteroatoms. The molecule has 0 unspecified atom stereocenters. The van der Waals surface area contributed by atoms with E-state index in [-0.39, 0.29) is 17.9 Å². The first kappa shape index (κ1) is 22.2. The van der Waals surface area contributed by atoms with Crippen molar-refractivity contribution in [1.82, 2.24) is 14.7 Å². The standard InChI is InChI=1S/C20H34N4O4/c1-19(2,3)28-18(26)23-9-7-8-15(13-23)20(4,5)17(25)22-16-12-21-24(14-16)10-11-27-6/h12,14-15H,7-11,13H2,1-6H3,(H,22,25)/t15-/m1/s1. The number of piperidine rings is 1. The number of amides is 2. The highest BCUT2D eigenvalue weighted by Gasteiger charge is 2.40. The predicted octanol–water partition coefficient (Wildman–Crippen LogP) is 3.14. The Morgan fingerprint density at radius 3 is 2.64 bits per heavy atom. The van der Waals surface area contributed by atoms with E-state index in [1.807, 2.05) is 34.6 Å². The number of likely N-dealkylation sites (tertiary alicyclic amines) is 1. The summed E-state index contributed by atoms with van der Waals surface area (Å²) in [5.74, 6) is -0.0212. The largest absolute Gasteiger partial charge is 0.444 e. The van der Waals surface area contributed by atoms with E-state index in [0.717, 1.165) is 12.8 Å². The molecule has 0 aliphatic carbocycles. The van der Waals surface area contributed by atoms with E-state index in [1.165, 1.54) is 0 Å². The van der Waals surface area contributed by atoms with Gasteiger partial charge in [0, 0.05) is 31.8 Å². The van der Waals surface area contributed by atoms with Crippen LogP contribution in [-0.2, 0) is 20.8 Å². The Hall–Kier alpha value is -2.09. The van der Waals surface area contributed by atoms with Crippen molar-refractivity contribution in [3.63, 3.8) is 0 Å². The molecule has 1 aliphatic heterocycles. The average Bonchev–Trinajstić information content (AvgIpc) is 3.06. The second-order valence-electron chi connectivity index (χ2n) is 8.93. The van der Waals surface area contributed by atoms with Crippen LogP contribution in [0.5, 0.6) is 0 Å². The summed E-state index contributed by atoms with van der Waals surface area (Å²) >= 11 is 0. The third kappa shape index (κ3) is 5.95. The molecule has 0 aromatic carbocycles. The van der Waals surface area contributed by atoms with Crippen LogP contribution in [0.4, 0.5) is 10.5 Å². The van der Waals surface area contributed by atoms with E-state index in [1.54, 1.807) is 29.1 Å². The van der Waals surface area contributed by atoms with E-state index < -0.39 is 11.0 Å². The molecule has 1 saturated heterocycles. The Bertz CT molecular complexity index is 678. The molecule has 2 amide bonds. The summed E-state index contributed by atoms with van der Waals surface area (Å²) < 4.78 is 12.3. The van der Waals surface area contributed by atoms with Crippen molar-refractivity contribution in [3.05, 3.63) is 12.4 Å². The Morgan fingerprint density at radius 2 is 2.00 bits per heavy atom. The van der Waals surface area contributed by atoms with Gasteiger partial charge in [0.15, 0.2) is 0 Å². The SMILES string of the molecule is COCCn1cc(NC(=O)C(C)(C)[C@@H]2CCCN(C(=O)OC(C)(C)C)C2)cn1. The Labute approximate surface area is 167 Å². The third-order valence-corrected chi connectivity index (χ3v) is 5.09. The summed E-state index contributed by atoms with van der Waals surface area (Å²) in [6.45, 7) is 11.8. The smallest absolute Gasteiger partial charge is 0.410 e. The Morgan fingerprint density at radius 1 is 1.29 bits per heavy atom. The minimum Gasteiger partial charge on any atom is -0.444 e. The fraction of sp³-hybridized carbons (Fsp3) is 0.750. The molecular formula is C20H34N4O4. The van der Waals surface area contributed by atoms with E-state index in [4.69, 9.17) is 9.47 Å². The second-order valence-corrected chi connectivity index (χ2v) is 8.93. The lowest BCUT2D eigenvalue weighted by Gasteiger charge is -2.40. The number of rotatable bonds is 6. The van der Waals surface area contributed by atoms with E-state index >= 15 is 0 Å². The van der Waals surface area contributed by atoms with Gasteiger partial charge in [-0.05, 0) is 39.5 Å². The monoisotopic (exact) mass is 394 g/mol. The molecular weight excluding hydrogens is 360 g/mol. The Kier molecular flexibility index (Phi) is 7.09. The van der Waals surface area contributed by atoms with Gasteiger partial charge in [-0.25, -0.2) is 4.79 Å². The normalized spacial score (nSPS) is 18.1. The van der Waals surface area contributed by atoms with Crippen LogP contribution in [0.2, 0.25) is 0 Å². The highest BCUT2D eigenvalue weighted by atomic mass is 16.6. The number of ether oxygens (including phenoxy) is 2. The van der Waals surface area contributed by atoms with Crippen LogP contribution >= 0.6 is 0 Å². The quantitative estimate of drug-likeness (QED) is 0.801. The molecule has 8 nitrogen and oxygen atoms in total. The number of aromatic nitrogens is 2. The molecule has 1 aromatic heterocycles. The number of nitrogens with one attached hydrogen (secondary N) is 1. The minimum atomic E-state index is -0.630. The fourth-order valence-electron chi connectivity index (χ4n) is 3.27. The molecule has 28 heavy (non-hydrogen) atoms. The third-order valence-electron chi connectivity index (χ3n) is 5.09. The molecule has 158 valence electrons. The van der Waals surface area contributed by atoms with Gasteiger partial charge in [-0.15, -0.1) is 0 Å². The van der Waals surface area contributed by atoms with E-state index in [0.29, 0.717) is 31.9 Å². The molecule has 0 saturated carbocycles. The van der Waals surface area contributed by atoms with Crippen molar-refractivity contribution in [2.45, 2.75) is 59.6 Å². The fourth-order valence-corrected chi connectivity index (χ4v) is 3.27. The number of anilines is 1. The van der Waals surface area contributed by atoms with Gasteiger partial charge in [-0.2, -0.15) is 5.10 Å². The minimum absolute atomic E-state index is 0.0531. The van der Waals surface area contributed by atoms with Gasteiger partial charge in [0.05, 0.1) is 25.0 Å². The van der Waals surface area contributed by atoms with Crippen molar-refractivity contribution >= 4 is 17.7 Å². The lowest BCUT2D eigenvalue weighted by Crippen LogP contribution is -2.49. The maximum atomic E-state index is 13.0. The topological polar surface area (TPSA) is 85.7 Å². The first-order valence-electron chi connectivity index (χ1n) is 9.83. The van der Waals surface area contributed by atoms with E-state index in [2.05, 4.69) is 10.4 Å². The van der Waals surface area contributed by atoms with Crippen LogP contribution in [0.3, 0.4) is 0 Å². The van der Waals surface area contributed by atoms with Crippen LogP contribution in [-0.4, -0.2) is 59.1 Å². The molecule has 1 fully saturated rings. The van der Waals surface area contributed by atoms with Crippen LogP contribution < -0.4 is 5.32 Å². The van der Waals surface area contributed by atoms with Gasteiger partial charge in [-0.3, -0.25) is 9.48 Å². The van der Waals surface area contributed by atoms with Gasteiger partial charge in [-0.1, -0.05) is 13.8 Å². The molecule has 1 aliphatic rings. The molecule has 1 atom stereocenters. The van der Waals surface area contributed by atoms with Crippen molar-refractivity contribution < 1.29 is 19.1 Å². The summed E-state index contributed by atoms with van der Waals surface area (Å²) in [5.41, 5.74) is -0.496. The number of hydrogen-bond acceptors (Lipinski definition) is 5. The molecule has 2 heterocycles. The number of carbonyl (C=O) groups is 2. The van der Waals surface area contributed by atoms with Gasteiger partial charge >= 0.3 is 6.09 Å². The second kappa shape index (κ2) is 8.94. The first-order valence-corrected chi connectivity index (χ1v) is 9.83. The van der Waals surface area contributed by atoms with Gasteiger partial charge < -0.3 is 19.7 Å². The zero-order valence-corrected chi connectivity index (χ0v) is 17.9. The summed E-state index contributed by atoms with van der Waals surface area (Å²) in [5, 5.41) is 7.18. The Balaban J connectivity index is 1.98. The summed E-state index contributed by atoms with van der Waals surface area (Å²) in [7, 11) is 1.64. The molecule has 1 aromatic rings. The number of hydrogen-bond donors (Lipinski definition) is 1. The van der Waals surface area contributed by atoms with Gasteiger partial charge in [0.2, 0.25) is 5.91 Å². The van der Waals surface area contributed by atoms with Gasteiger partial charge in [0.1, 0.15) is 5.60 Å². The van der Waals surface area contributed by atoms with Crippen LogP contribution in [0, 0.1) is 11.3 Å². The molecule has 0 spiro atoms. The zero-order chi connectivity index (χ0) is 20.9. The summed E-state index contributed by atoms with van der Waals surface area (Å²) in [4.78, 5) is 27.1. The predicted molar refractivity (Wildman–Crippen MR) is 107 cm³/mol. The van der Waals surface area contributed by atoms with Crippen LogP contribution in [0.25, 0.3) is 0 Å². The van der Waals surface area contributed by atoms with Crippen molar-refractivity contribution in [1.29, 1.82) is 0 Å². The molecule has 2 rings (SSSR count). The zero-order valence-electron chi connectivity index (χ0n) is 17.9. The number of methoxy groups -OCH3 is 1. The van der Waals surface area contributed by atoms with Crippen molar-refractivity contribution in [2.24, 2.45) is 11.3 Å². The average molecular weight is 395 g/mol. The maximum Gasteiger partial charge on any atom is 0.410 e. The maximum absolute atomic E-state index is 13.0. The molecule has 0 radical (unpaired) electrons. The van der Waals surface area contributed by atoms with Gasteiger partial charge in [0.25, 0.3) is 0 Å². The first-order chi connectivity index (χ1) is 13.0. The highest BCUT2D eigenvalue weighted by Crippen LogP contribution is 2.35. The number of nitrogens with zero attached hydrogens (tertiary/aromatic N) is 3. The van der Waals surface area contributed by atoms with Crippen molar-refractivity contribution in [3.8, 4) is 0 Å². The molecule has 1 N–H and O–H groups in total. The lowest BCUT2D eigenvalue weighted by atomic mass is 9.74. The lowest BCUT2D eigenvalue weighted by molar-refractivity contribution is -0.127. The van der Waals surface area contributed by atoms with Crippen LogP contribution in [0.15, 0.2) is 12.4 Å². The van der Waals surface area contributed by atoms with Crippen LogP contribution in [0.1, 0.15) is 47.5 Å². The summed E-state index contributed by atoms with van der Waals surface area (Å²) in [6, 6.07) is 0. The van der Waals surface area contributed by atoms with E-state index in [9.17, 15) is 9.59 Å².